The topological polar surface area (TPSA) is 66.0 Å². The number of ether oxygens (including phenoxy) is 1. The molecule has 6 heteroatoms. The summed E-state index contributed by atoms with van der Waals surface area (Å²) in [6.07, 6.45) is 1.52. The number of rotatable bonds is 6. The molecular formula is C20H20N4O2. The molecule has 2 aromatic heterocycles. The smallest absolute Gasteiger partial charge is 0.226 e. The van der Waals surface area contributed by atoms with E-state index in [0.29, 0.717) is 30.8 Å². The Morgan fingerprint density at radius 1 is 1.12 bits per heavy atom. The summed E-state index contributed by atoms with van der Waals surface area (Å²) in [6.45, 7) is 3.57. The Bertz CT molecular complexity index is 1040. The van der Waals surface area contributed by atoms with Gasteiger partial charge >= 0.3 is 0 Å². The quantitative estimate of drug-likeness (QED) is 0.429. The van der Waals surface area contributed by atoms with Gasteiger partial charge in [0.1, 0.15) is 12.1 Å². The summed E-state index contributed by atoms with van der Waals surface area (Å²) in [7, 11) is 0. The van der Waals surface area contributed by atoms with Crippen molar-refractivity contribution >= 4 is 21.9 Å². The number of hydrogen-bond acceptors (Lipinski definition) is 4. The molecule has 2 aromatic carbocycles. The molecule has 2 heterocycles. The lowest BCUT2D eigenvalue weighted by Gasteiger charge is -2.13. The first-order chi connectivity index (χ1) is 12.8. The highest BCUT2D eigenvalue weighted by molar-refractivity contribution is 6.00. The maximum atomic E-state index is 12.3. The largest absolute Gasteiger partial charge is 0.618 e. The molecule has 0 saturated carbocycles. The van der Waals surface area contributed by atoms with E-state index in [1.807, 2.05) is 54.1 Å². The highest BCUT2D eigenvalue weighted by atomic mass is 16.5. The van der Waals surface area contributed by atoms with E-state index in [4.69, 9.17) is 4.74 Å². The van der Waals surface area contributed by atoms with Crippen LogP contribution < -0.4 is 10.2 Å². The van der Waals surface area contributed by atoms with E-state index in [0.717, 1.165) is 27.0 Å². The van der Waals surface area contributed by atoms with E-state index < -0.39 is 0 Å². The Labute approximate surface area is 151 Å². The van der Waals surface area contributed by atoms with Gasteiger partial charge in [0.2, 0.25) is 11.7 Å². The number of imidazole rings is 1. The van der Waals surface area contributed by atoms with Crippen LogP contribution in [0.4, 0.5) is 0 Å². The molecule has 0 spiro atoms. The Balaban J connectivity index is 1.85. The van der Waals surface area contributed by atoms with Crippen LogP contribution in [-0.4, -0.2) is 16.3 Å². The summed E-state index contributed by atoms with van der Waals surface area (Å²) in [4.78, 5) is 4.63. The van der Waals surface area contributed by atoms with E-state index in [2.05, 4.69) is 22.5 Å². The van der Waals surface area contributed by atoms with Gasteiger partial charge in [0.05, 0.1) is 11.9 Å². The van der Waals surface area contributed by atoms with Crippen molar-refractivity contribution in [1.82, 2.24) is 9.66 Å². The number of pyridine rings is 1. The van der Waals surface area contributed by atoms with Crippen LogP contribution in [0.3, 0.4) is 0 Å². The number of fused-ring (bicyclic) bond motifs is 3. The lowest BCUT2D eigenvalue weighted by atomic mass is 10.2. The van der Waals surface area contributed by atoms with Crippen molar-refractivity contribution in [2.75, 3.05) is 12.0 Å². The lowest BCUT2D eigenvalue weighted by molar-refractivity contribution is -0.575. The molecule has 26 heavy (non-hydrogen) atoms. The SMILES string of the molecule is CCOCc1nc2c[n+]([O-])c3ccccc3c2n1NCc1ccccc1. The third-order valence-electron chi connectivity index (χ3n) is 4.33. The fourth-order valence-electron chi connectivity index (χ4n) is 3.11. The second kappa shape index (κ2) is 7.01. The Morgan fingerprint density at radius 3 is 2.69 bits per heavy atom. The maximum Gasteiger partial charge on any atom is 0.226 e. The van der Waals surface area contributed by atoms with Crippen LogP contribution >= 0.6 is 0 Å². The Morgan fingerprint density at radius 2 is 1.88 bits per heavy atom. The standard InChI is InChI=1S/C20H20N4O2/c1-2-26-14-19-22-17-13-23(25)18-11-7-6-10-16(18)20(17)24(19)21-12-15-8-4-3-5-9-15/h3-11,13,21H,2,12,14H2,1H3. The number of hydrogen-bond donors (Lipinski definition) is 1. The summed E-state index contributed by atoms with van der Waals surface area (Å²) in [6, 6.07) is 17.7. The number of nitrogens with zero attached hydrogens (tertiary/aromatic N) is 3. The van der Waals surface area contributed by atoms with E-state index in [1.165, 1.54) is 6.20 Å². The molecule has 0 saturated heterocycles. The Hall–Kier alpha value is -3.12. The minimum Gasteiger partial charge on any atom is -0.618 e. The van der Waals surface area contributed by atoms with Gasteiger partial charge in [0.15, 0.2) is 11.3 Å². The zero-order chi connectivity index (χ0) is 17.9. The molecule has 0 aliphatic heterocycles. The molecule has 0 amide bonds. The predicted octanol–water partition coefficient (Wildman–Crippen LogP) is 3.10. The van der Waals surface area contributed by atoms with Crippen molar-refractivity contribution in [3.8, 4) is 0 Å². The minimum atomic E-state index is 0.375. The van der Waals surface area contributed by atoms with Crippen molar-refractivity contribution in [3.05, 3.63) is 77.4 Å². The van der Waals surface area contributed by atoms with Crippen molar-refractivity contribution in [1.29, 1.82) is 0 Å². The maximum absolute atomic E-state index is 12.3. The number of benzene rings is 2. The highest BCUT2D eigenvalue weighted by Gasteiger charge is 2.18. The number of para-hydroxylation sites is 1. The van der Waals surface area contributed by atoms with E-state index in [-0.39, 0.29) is 0 Å². The third kappa shape index (κ3) is 2.95. The van der Waals surface area contributed by atoms with Gasteiger partial charge in [0.25, 0.3) is 0 Å². The first kappa shape index (κ1) is 16.4. The zero-order valence-electron chi connectivity index (χ0n) is 14.6. The molecule has 6 nitrogen and oxygen atoms in total. The Kier molecular flexibility index (Phi) is 4.41. The fraction of sp³-hybridized carbons (Fsp3) is 0.200. The molecule has 0 unspecified atom stereocenters. The lowest BCUT2D eigenvalue weighted by Crippen LogP contribution is -2.26. The van der Waals surface area contributed by atoms with Gasteiger partial charge in [-0.3, -0.25) is 0 Å². The molecular weight excluding hydrogens is 328 g/mol. The summed E-state index contributed by atoms with van der Waals surface area (Å²) in [5.41, 5.74) is 6.75. The van der Waals surface area contributed by atoms with Crippen LogP contribution in [-0.2, 0) is 17.9 Å². The fourth-order valence-corrected chi connectivity index (χ4v) is 3.11. The van der Waals surface area contributed by atoms with E-state index in [1.54, 1.807) is 0 Å². The van der Waals surface area contributed by atoms with Gasteiger partial charge in [0, 0.05) is 12.7 Å². The van der Waals surface area contributed by atoms with Crippen LogP contribution in [0.1, 0.15) is 18.3 Å². The average Bonchev–Trinajstić information content (AvgIpc) is 3.03. The number of aromatic nitrogens is 3. The van der Waals surface area contributed by atoms with Crippen LogP contribution in [0.5, 0.6) is 0 Å². The summed E-state index contributed by atoms with van der Waals surface area (Å²) in [5.74, 6) is 0.745. The van der Waals surface area contributed by atoms with E-state index in [9.17, 15) is 5.21 Å². The van der Waals surface area contributed by atoms with Crippen LogP contribution in [0.2, 0.25) is 0 Å². The zero-order valence-corrected chi connectivity index (χ0v) is 14.6. The van der Waals surface area contributed by atoms with Gasteiger partial charge in [-0.25, -0.2) is 9.66 Å². The second-order valence-corrected chi connectivity index (χ2v) is 6.03. The first-order valence-electron chi connectivity index (χ1n) is 8.65. The average molecular weight is 348 g/mol. The van der Waals surface area contributed by atoms with Gasteiger partial charge < -0.3 is 15.4 Å². The molecule has 1 N–H and O–H groups in total. The molecule has 0 bridgehead atoms. The number of nitrogens with one attached hydrogen (secondary N) is 1. The molecule has 4 aromatic rings. The molecule has 0 radical (unpaired) electrons. The third-order valence-corrected chi connectivity index (χ3v) is 4.33. The molecule has 0 aliphatic rings. The molecule has 0 aliphatic carbocycles. The summed E-state index contributed by atoms with van der Waals surface area (Å²) >= 11 is 0. The normalized spacial score (nSPS) is 11.3. The minimum absolute atomic E-state index is 0.375. The van der Waals surface area contributed by atoms with Crippen LogP contribution in [0.15, 0.2) is 60.8 Å². The van der Waals surface area contributed by atoms with Gasteiger partial charge in [-0.15, -0.1) is 0 Å². The highest BCUT2D eigenvalue weighted by Crippen LogP contribution is 2.23. The molecule has 4 rings (SSSR count). The summed E-state index contributed by atoms with van der Waals surface area (Å²) < 4.78 is 8.39. The van der Waals surface area contributed by atoms with E-state index >= 15 is 0 Å². The van der Waals surface area contributed by atoms with Gasteiger partial charge in [-0.05, 0) is 18.6 Å². The van der Waals surface area contributed by atoms with Crippen molar-refractivity contribution in [2.45, 2.75) is 20.1 Å². The second-order valence-electron chi connectivity index (χ2n) is 6.03. The summed E-state index contributed by atoms with van der Waals surface area (Å²) in [5, 5.41) is 13.2. The van der Waals surface area contributed by atoms with Gasteiger partial charge in [-0.2, -0.15) is 4.73 Å². The van der Waals surface area contributed by atoms with Gasteiger partial charge in [-0.1, -0.05) is 42.5 Å². The molecule has 132 valence electrons. The van der Waals surface area contributed by atoms with Crippen LogP contribution in [0.25, 0.3) is 21.9 Å². The first-order valence-corrected chi connectivity index (χ1v) is 8.65. The predicted molar refractivity (Wildman–Crippen MR) is 101 cm³/mol. The molecule has 0 atom stereocenters. The molecule has 0 fully saturated rings. The van der Waals surface area contributed by atoms with Crippen molar-refractivity contribution < 1.29 is 9.47 Å². The van der Waals surface area contributed by atoms with Crippen molar-refractivity contribution in [3.63, 3.8) is 0 Å². The monoisotopic (exact) mass is 348 g/mol. The van der Waals surface area contributed by atoms with Crippen LogP contribution in [0, 0.1) is 5.21 Å². The van der Waals surface area contributed by atoms with Crippen molar-refractivity contribution in [2.24, 2.45) is 0 Å².